The number of carboxylic acid groups (broad SMARTS) is 1. The second-order valence-electron chi connectivity index (χ2n) is 3.81. The van der Waals surface area contributed by atoms with Crippen molar-refractivity contribution in [2.75, 3.05) is 6.54 Å². The van der Waals surface area contributed by atoms with Crippen LogP contribution in [0.3, 0.4) is 0 Å². The molecule has 1 heterocycles. The van der Waals surface area contributed by atoms with Crippen molar-refractivity contribution in [3.8, 4) is 0 Å². The lowest BCUT2D eigenvalue weighted by Crippen LogP contribution is -2.43. The van der Waals surface area contributed by atoms with Crippen molar-refractivity contribution < 1.29 is 29.1 Å². The first-order valence-electron chi connectivity index (χ1n) is 5.51. The molecule has 0 aliphatic carbocycles. The van der Waals surface area contributed by atoms with Gasteiger partial charge < -0.3 is 15.3 Å². The van der Waals surface area contributed by atoms with Gasteiger partial charge >= 0.3 is 12.1 Å². The zero-order valence-corrected chi connectivity index (χ0v) is 10.2. The molecule has 0 radical (unpaired) electrons. The molecule has 1 rings (SSSR count). The van der Waals surface area contributed by atoms with Gasteiger partial charge in [0.05, 0.1) is 6.42 Å². The summed E-state index contributed by atoms with van der Waals surface area (Å²) in [5.41, 5.74) is 8.15. The van der Waals surface area contributed by atoms with Crippen LogP contribution in [-0.4, -0.2) is 46.6 Å². The van der Waals surface area contributed by atoms with E-state index in [4.69, 9.17) is 10.6 Å². The van der Waals surface area contributed by atoms with Gasteiger partial charge in [0.25, 0.3) is 11.8 Å². The van der Waals surface area contributed by atoms with Gasteiger partial charge in [0.2, 0.25) is 0 Å². The summed E-state index contributed by atoms with van der Waals surface area (Å²) in [7, 11) is 0. The number of carbonyl (C=O) groups is 4. The molecule has 0 spiro atoms. The second kappa shape index (κ2) is 6.95. The van der Waals surface area contributed by atoms with Gasteiger partial charge in [-0.3, -0.25) is 14.4 Å². The SMILES string of the molecule is [N-]=[N+]=NC[C@@H](CC(=O)O)NC(=O)ON1C(=O)CCC1=O. The molecule has 1 aliphatic heterocycles. The van der Waals surface area contributed by atoms with Crippen LogP contribution in [0, 0.1) is 0 Å². The minimum atomic E-state index is -1.23. The summed E-state index contributed by atoms with van der Waals surface area (Å²) in [5, 5.41) is 14.2. The van der Waals surface area contributed by atoms with Gasteiger partial charge in [-0.15, -0.1) is 5.06 Å². The number of aliphatic carboxylic acids is 1. The molecule has 0 aromatic carbocycles. The van der Waals surface area contributed by atoms with Gasteiger partial charge in [-0.1, -0.05) is 5.11 Å². The lowest BCUT2D eigenvalue weighted by Gasteiger charge is -2.17. The van der Waals surface area contributed by atoms with Crippen LogP contribution in [0.25, 0.3) is 10.4 Å². The van der Waals surface area contributed by atoms with Gasteiger partial charge in [0.15, 0.2) is 0 Å². The Hall–Kier alpha value is -2.81. The molecular formula is C9H11N5O6. The fraction of sp³-hybridized carbons (Fsp3) is 0.556. The van der Waals surface area contributed by atoms with E-state index in [9.17, 15) is 19.2 Å². The van der Waals surface area contributed by atoms with Gasteiger partial charge in [0, 0.05) is 30.3 Å². The minimum Gasteiger partial charge on any atom is -0.481 e. The van der Waals surface area contributed by atoms with Gasteiger partial charge in [0.1, 0.15) is 0 Å². The first kappa shape index (κ1) is 15.2. The monoisotopic (exact) mass is 285 g/mol. The molecule has 108 valence electrons. The molecule has 0 aromatic heterocycles. The van der Waals surface area contributed by atoms with Crippen LogP contribution < -0.4 is 5.32 Å². The fourth-order valence-corrected chi connectivity index (χ4v) is 1.44. The lowest BCUT2D eigenvalue weighted by atomic mass is 10.2. The van der Waals surface area contributed by atoms with Crippen molar-refractivity contribution in [3.63, 3.8) is 0 Å². The Kier molecular flexibility index (Phi) is 5.30. The average Bonchev–Trinajstić information content (AvgIpc) is 2.67. The number of hydroxylamine groups is 2. The van der Waals surface area contributed by atoms with Crippen LogP contribution in [0.1, 0.15) is 19.3 Å². The van der Waals surface area contributed by atoms with E-state index in [1.165, 1.54) is 0 Å². The zero-order chi connectivity index (χ0) is 15.1. The van der Waals surface area contributed by atoms with E-state index in [2.05, 4.69) is 20.2 Å². The Morgan fingerprint density at radius 1 is 1.45 bits per heavy atom. The third kappa shape index (κ3) is 4.46. The number of imide groups is 1. The van der Waals surface area contributed by atoms with Crippen LogP contribution in [0.2, 0.25) is 0 Å². The highest BCUT2D eigenvalue weighted by Crippen LogP contribution is 2.12. The maximum atomic E-state index is 11.4. The number of rotatable bonds is 6. The van der Waals surface area contributed by atoms with Gasteiger partial charge in [-0.2, -0.15) is 0 Å². The van der Waals surface area contributed by atoms with Gasteiger partial charge in [-0.05, 0) is 5.53 Å². The van der Waals surface area contributed by atoms with Gasteiger partial charge in [-0.25, -0.2) is 4.79 Å². The van der Waals surface area contributed by atoms with E-state index in [0.29, 0.717) is 5.06 Å². The predicted octanol–water partition coefficient (Wildman–Crippen LogP) is -0.0698. The van der Waals surface area contributed by atoms with E-state index in [1.807, 2.05) is 0 Å². The molecule has 11 heteroatoms. The Morgan fingerprint density at radius 3 is 2.55 bits per heavy atom. The average molecular weight is 285 g/mol. The van der Waals surface area contributed by atoms with Crippen molar-refractivity contribution >= 4 is 23.9 Å². The molecule has 11 nitrogen and oxygen atoms in total. The number of hydrogen-bond acceptors (Lipinski definition) is 6. The molecule has 0 aromatic rings. The highest BCUT2D eigenvalue weighted by molar-refractivity contribution is 6.01. The van der Waals surface area contributed by atoms with Crippen LogP contribution in [0.4, 0.5) is 4.79 Å². The normalized spacial score (nSPS) is 15.5. The second-order valence-corrected chi connectivity index (χ2v) is 3.81. The first-order valence-corrected chi connectivity index (χ1v) is 5.51. The van der Waals surface area contributed by atoms with E-state index >= 15 is 0 Å². The summed E-state index contributed by atoms with van der Waals surface area (Å²) in [6.07, 6.45) is -1.78. The zero-order valence-electron chi connectivity index (χ0n) is 10.2. The summed E-state index contributed by atoms with van der Waals surface area (Å²) in [4.78, 5) is 51.3. The standard InChI is InChI=1S/C9H11N5O6/c10-13-11-4-5(3-8(17)18)12-9(19)20-14-6(15)1-2-7(14)16/h5H,1-4H2,(H,12,19)(H,17,18)/t5-/m1/s1. The number of hydrogen-bond donors (Lipinski definition) is 2. The van der Waals surface area contributed by atoms with Crippen molar-refractivity contribution in [1.29, 1.82) is 0 Å². The number of azide groups is 1. The highest BCUT2D eigenvalue weighted by Gasteiger charge is 2.33. The Bertz CT molecular complexity index is 465. The van der Waals surface area contributed by atoms with E-state index in [-0.39, 0.29) is 19.4 Å². The number of carboxylic acids is 1. The number of nitrogens with one attached hydrogen (secondary N) is 1. The fourth-order valence-electron chi connectivity index (χ4n) is 1.44. The summed E-state index contributed by atoms with van der Waals surface area (Å²) < 4.78 is 0. The summed E-state index contributed by atoms with van der Waals surface area (Å²) in [6.45, 7) is -0.306. The molecule has 2 N–H and O–H groups in total. The van der Waals surface area contributed by atoms with E-state index in [0.717, 1.165) is 0 Å². The number of nitrogens with zero attached hydrogens (tertiary/aromatic N) is 4. The molecule has 20 heavy (non-hydrogen) atoms. The third-order valence-corrected chi connectivity index (χ3v) is 2.29. The molecule has 0 unspecified atom stereocenters. The smallest absolute Gasteiger partial charge is 0.432 e. The maximum Gasteiger partial charge on any atom is 0.432 e. The predicted molar refractivity (Wildman–Crippen MR) is 60.8 cm³/mol. The van der Waals surface area contributed by atoms with Crippen molar-refractivity contribution in [2.45, 2.75) is 25.3 Å². The first-order chi connectivity index (χ1) is 9.43. The molecule has 1 fully saturated rings. The van der Waals surface area contributed by atoms with E-state index < -0.39 is 36.3 Å². The Labute approximate surface area is 112 Å². The van der Waals surface area contributed by atoms with E-state index in [1.54, 1.807) is 0 Å². The maximum absolute atomic E-state index is 11.4. The summed E-state index contributed by atoms with van der Waals surface area (Å²) in [6, 6.07) is -1.01. The topological polar surface area (TPSA) is 162 Å². The van der Waals surface area contributed by atoms with Crippen LogP contribution in [0.5, 0.6) is 0 Å². The largest absolute Gasteiger partial charge is 0.481 e. The Morgan fingerprint density at radius 2 is 2.05 bits per heavy atom. The highest BCUT2D eigenvalue weighted by atomic mass is 16.7. The quantitative estimate of drug-likeness (QED) is 0.300. The van der Waals surface area contributed by atoms with Crippen molar-refractivity contribution in [3.05, 3.63) is 10.4 Å². The molecule has 1 aliphatic rings. The number of amides is 3. The molecule has 3 amide bonds. The van der Waals surface area contributed by atoms with Crippen LogP contribution in [-0.2, 0) is 19.2 Å². The minimum absolute atomic E-state index is 0.0522. The Balaban J connectivity index is 2.56. The van der Waals surface area contributed by atoms with Crippen LogP contribution >= 0.6 is 0 Å². The third-order valence-electron chi connectivity index (χ3n) is 2.29. The summed E-state index contributed by atoms with van der Waals surface area (Å²) >= 11 is 0. The van der Waals surface area contributed by atoms with Crippen LogP contribution in [0.15, 0.2) is 5.11 Å². The molecule has 1 saturated heterocycles. The lowest BCUT2D eigenvalue weighted by molar-refractivity contribution is -0.171. The molecule has 1 atom stereocenters. The summed E-state index contributed by atoms with van der Waals surface area (Å²) in [5.74, 6) is -2.54. The number of carbonyl (C=O) groups excluding carboxylic acids is 3. The molecule has 0 saturated carbocycles. The van der Waals surface area contributed by atoms with Crippen molar-refractivity contribution in [1.82, 2.24) is 10.4 Å². The molecular weight excluding hydrogens is 274 g/mol. The molecule has 0 bridgehead atoms. The van der Waals surface area contributed by atoms with Crippen molar-refractivity contribution in [2.24, 2.45) is 5.11 Å².